The van der Waals surface area contributed by atoms with Crippen LogP contribution in [0.4, 0.5) is 17.1 Å². The summed E-state index contributed by atoms with van der Waals surface area (Å²) in [5.41, 5.74) is 10.9. The van der Waals surface area contributed by atoms with E-state index in [1.54, 1.807) is 0 Å². The Balaban J connectivity index is 1.19. The lowest BCUT2D eigenvalue weighted by Gasteiger charge is -2.27. The molecule has 0 aliphatic rings. The molecule has 0 radical (unpaired) electrons. The van der Waals surface area contributed by atoms with Crippen molar-refractivity contribution in [1.29, 1.82) is 0 Å². The molecule has 0 fully saturated rings. The molecule has 0 N–H and O–H groups in total. The summed E-state index contributed by atoms with van der Waals surface area (Å²) in [5.74, 6) is 0. The van der Waals surface area contributed by atoms with Gasteiger partial charge in [-0.1, -0.05) is 121 Å². The van der Waals surface area contributed by atoms with E-state index in [4.69, 9.17) is 4.42 Å². The van der Waals surface area contributed by atoms with Gasteiger partial charge in [-0.15, -0.1) is 0 Å². The predicted octanol–water partition coefficient (Wildman–Crippen LogP) is 13.0. The van der Waals surface area contributed by atoms with Gasteiger partial charge in [-0.2, -0.15) is 0 Å². The second-order valence-electron chi connectivity index (χ2n) is 12.5. The molecule has 0 atom stereocenters. The van der Waals surface area contributed by atoms with Crippen LogP contribution in [0.1, 0.15) is 0 Å². The number of fused-ring (bicyclic) bond motifs is 8. The van der Waals surface area contributed by atoms with Gasteiger partial charge in [-0.05, 0) is 71.1 Å². The van der Waals surface area contributed by atoms with E-state index >= 15 is 0 Å². The first-order valence-corrected chi connectivity index (χ1v) is 16.7. The number of aromatic nitrogens is 1. The minimum absolute atomic E-state index is 0.878. The molecule has 0 spiro atoms. The second kappa shape index (κ2) is 11.0. The molecule has 49 heavy (non-hydrogen) atoms. The number of benzene rings is 8. The standard InChI is InChI=1S/C46H30N2O/c1-2-12-31(13-3-1)32-22-24-33(25-23-32)47(43-30-45-46(39-17-5-4-16-38(39)43)40-18-8-11-21-44(40)49-45)34-26-28-35(29-27-34)48-41-19-9-6-14-36(41)37-15-7-10-20-42(37)48/h1-30H. The van der Waals surface area contributed by atoms with Crippen molar-refractivity contribution in [2.45, 2.75) is 0 Å². The van der Waals surface area contributed by atoms with Gasteiger partial charge in [-0.25, -0.2) is 0 Å². The van der Waals surface area contributed by atoms with Crippen molar-refractivity contribution in [3.05, 3.63) is 182 Å². The highest BCUT2D eigenvalue weighted by Crippen LogP contribution is 2.45. The Hall–Kier alpha value is -6.58. The van der Waals surface area contributed by atoms with Crippen molar-refractivity contribution >= 4 is 71.6 Å². The van der Waals surface area contributed by atoms with Crippen molar-refractivity contribution in [3.8, 4) is 16.8 Å². The van der Waals surface area contributed by atoms with E-state index in [9.17, 15) is 0 Å². The third-order valence-corrected chi connectivity index (χ3v) is 9.78. The normalized spacial score (nSPS) is 11.7. The van der Waals surface area contributed by atoms with Crippen LogP contribution in [0.25, 0.3) is 71.3 Å². The molecule has 0 saturated heterocycles. The second-order valence-corrected chi connectivity index (χ2v) is 12.5. The maximum Gasteiger partial charge on any atom is 0.138 e. The smallest absolute Gasteiger partial charge is 0.138 e. The summed E-state index contributed by atoms with van der Waals surface area (Å²) in [6, 6.07) is 64.9. The van der Waals surface area contributed by atoms with Gasteiger partial charge in [0.1, 0.15) is 11.2 Å². The average molecular weight is 627 g/mol. The Kier molecular flexibility index (Phi) is 6.18. The Labute approximate surface area is 283 Å². The van der Waals surface area contributed by atoms with Gasteiger partial charge in [0.25, 0.3) is 0 Å². The topological polar surface area (TPSA) is 21.3 Å². The first kappa shape index (κ1) is 27.5. The predicted molar refractivity (Wildman–Crippen MR) is 206 cm³/mol. The highest BCUT2D eigenvalue weighted by molar-refractivity contribution is 6.22. The molecule has 3 nitrogen and oxygen atoms in total. The SMILES string of the molecule is c1ccc(-c2ccc(N(c3ccc(-n4c5ccccc5c5ccccc54)cc3)c3cc4oc5ccccc5c4c4ccccc34)cc2)cc1. The Bertz CT molecular complexity index is 2750. The van der Waals surface area contributed by atoms with Gasteiger partial charge in [0.05, 0.1) is 16.7 Å². The van der Waals surface area contributed by atoms with Gasteiger partial charge >= 0.3 is 0 Å². The van der Waals surface area contributed by atoms with Crippen LogP contribution in [-0.2, 0) is 0 Å². The maximum absolute atomic E-state index is 6.52. The number of rotatable bonds is 5. The molecule has 0 aliphatic carbocycles. The number of hydrogen-bond donors (Lipinski definition) is 0. The minimum Gasteiger partial charge on any atom is -0.456 e. The van der Waals surface area contributed by atoms with Crippen molar-refractivity contribution in [2.24, 2.45) is 0 Å². The lowest BCUT2D eigenvalue weighted by atomic mass is 10.0. The van der Waals surface area contributed by atoms with Crippen LogP contribution in [-0.4, -0.2) is 4.57 Å². The number of anilines is 3. The molecule has 10 rings (SSSR count). The van der Waals surface area contributed by atoms with Crippen LogP contribution < -0.4 is 4.90 Å². The first-order valence-electron chi connectivity index (χ1n) is 16.7. The van der Waals surface area contributed by atoms with Crippen LogP contribution in [0.3, 0.4) is 0 Å². The van der Waals surface area contributed by atoms with Crippen LogP contribution in [0, 0.1) is 0 Å². The molecule has 0 saturated carbocycles. The molecule has 3 heteroatoms. The molecule has 0 unspecified atom stereocenters. The van der Waals surface area contributed by atoms with E-state index in [0.717, 1.165) is 44.7 Å². The summed E-state index contributed by atoms with van der Waals surface area (Å²) in [5, 5.41) is 7.14. The molecule has 2 aromatic heterocycles. The van der Waals surface area contributed by atoms with Crippen LogP contribution in [0.2, 0.25) is 0 Å². The molecule has 0 amide bonds. The molecule has 0 bridgehead atoms. The van der Waals surface area contributed by atoms with Crippen molar-refractivity contribution < 1.29 is 4.42 Å². The van der Waals surface area contributed by atoms with Gasteiger partial charge < -0.3 is 13.9 Å². The van der Waals surface area contributed by atoms with E-state index in [1.807, 2.05) is 6.07 Å². The summed E-state index contributed by atoms with van der Waals surface area (Å²) >= 11 is 0. The fourth-order valence-corrected chi connectivity index (χ4v) is 7.57. The van der Waals surface area contributed by atoms with E-state index in [-0.39, 0.29) is 0 Å². The largest absolute Gasteiger partial charge is 0.456 e. The molecular weight excluding hydrogens is 597 g/mol. The lowest BCUT2D eigenvalue weighted by Crippen LogP contribution is -2.10. The van der Waals surface area contributed by atoms with Crippen molar-refractivity contribution in [3.63, 3.8) is 0 Å². The number of furan rings is 1. The third kappa shape index (κ3) is 4.37. The highest BCUT2D eigenvalue weighted by Gasteiger charge is 2.21. The lowest BCUT2D eigenvalue weighted by molar-refractivity contribution is 0.669. The summed E-state index contributed by atoms with van der Waals surface area (Å²) < 4.78 is 8.88. The monoisotopic (exact) mass is 626 g/mol. The van der Waals surface area contributed by atoms with E-state index in [1.165, 1.54) is 43.7 Å². The fraction of sp³-hybridized carbons (Fsp3) is 0. The number of para-hydroxylation sites is 3. The zero-order valence-electron chi connectivity index (χ0n) is 26.6. The Morgan fingerprint density at radius 2 is 0.898 bits per heavy atom. The highest BCUT2D eigenvalue weighted by atomic mass is 16.3. The Morgan fingerprint density at radius 3 is 1.57 bits per heavy atom. The van der Waals surface area contributed by atoms with Gasteiger partial charge in [0, 0.05) is 50.1 Å². The van der Waals surface area contributed by atoms with Crippen molar-refractivity contribution in [1.82, 2.24) is 4.57 Å². The van der Waals surface area contributed by atoms with E-state index in [0.29, 0.717) is 0 Å². The summed E-state index contributed by atoms with van der Waals surface area (Å²) in [4.78, 5) is 2.36. The van der Waals surface area contributed by atoms with Gasteiger partial charge in [0.15, 0.2) is 0 Å². The fourth-order valence-electron chi connectivity index (χ4n) is 7.57. The summed E-state index contributed by atoms with van der Waals surface area (Å²) in [7, 11) is 0. The van der Waals surface area contributed by atoms with Crippen LogP contribution >= 0.6 is 0 Å². The quantitative estimate of drug-likeness (QED) is 0.190. The number of hydrogen-bond acceptors (Lipinski definition) is 2. The molecule has 10 aromatic rings. The molecule has 0 aliphatic heterocycles. The first-order chi connectivity index (χ1) is 24.3. The zero-order valence-corrected chi connectivity index (χ0v) is 26.6. The zero-order chi connectivity index (χ0) is 32.3. The van der Waals surface area contributed by atoms with E-state index < -0.39 is 0 Å². The maximum atomic E-state index is 6.52. The molecule has 2 heterocycles. The van der Waals surface area contributed by atoms with Gasteiger partial charge in [0.2, 0.25) is 0 Å². The van der Waals surface area contributed by atoms with Crippen LogP contribution in [0.15, 0.2) is 186 Å². The van der Waals surface area contributed by atoms with Gasteiger partial charge in [-0.3, -0.25) is 0 Å². The molecule has 230 valence electrons. The molecular formula is C46H30N2O. The van der Waals surface area contributed by atoms with Crippen molar-refractivity contribution in [2.75, 3.05) is 4.90 Å². The average Bonchev–Trinajstić information content (AvgIpc) is 3.72. The summed E-state index contributed by atoms with van der Waals surface area (Å²) in [6.07, 6.45) is 0. The Morgan fingerprint density at radius 1 is 0.388 bits per heavy atom. The van der Waals surface area contributed by atoms with E-state index in [2.05, 4.69) is 185 Å². The minimum atomic E-state index is 0.878. The number of nitrogens with zero attached hydrogens (tertiary/aromatic N) is 2. The molecule has 8 aromatic carbocycles. The van der Waals surface area contributed by atoms with Crippen LogP contribution in [0.5, 0.6) is 0 Å². The summed E-state index contributed by atoms with van der Waals surface area (Å²) in [6.45, 7) is 0. The third-order valence-electron chi connectivity index (χ3n) is 9.78.